The minimum atomic E-state index is -0.291. The number of rotatable bonds is 5. The highest BCUT2D eigenvalue weighted by atomic mass is 35.5. The lowest BCUT2D eigenvalue weighted by Gasteiger charge is -2.16. The van der Waals surface area contributed by atoms with E-state index in [1.807, 2.05) is 39.0 Å². The Bertz CT molecular complexity index is 871. The summed E-state index contributed by atoms with van der Waals surface area (Å²) in [6, 6.07) is 5.71. The fourth-order valence-electron chi connectivity index (χ4n) is 2.49. The number of halogens is 1. The third-order valence-electron chi connectivity index (χ3n) is 4.22. The predicted octanol–water partition coefficient (Wildman–Crippen LogP) is 3.11. The summed E-state index contributed by atoms with van der Waals surface area (Å²) in [6.45, 7) is 5.70. The average molecular weight is 375 g/mol. The zero-order valence-electron chi connectivity index (χ0n) is 15.6. The van der Waals surface area contributed by atoms with Crippen molar-refractivity contribution in [1.29, 1.82) is 0 Å². The van der Waals surface area contributed by atoms with Crippen LogP contribution in [0.15, 0.2) is 24.3 Å². The predicted molar refractivity (Wildman–Crippen MR) is 104 cm³/mol. The Kier molecular flexibility index (Phi) is 6.21. The lowest BCUT2D eigenvalue weighted by molar-refractivity contribution is -0.129. The van der Waals surface area contributed by atoms with Gasteiger partial charge in [-0.1, -0.05) is 23.7 Å². The van der Waals surface area contributed by atoms with Crippen LogP contribution in [0.5, 0.6) is 0 Å². The van der Waals surface area contributed by atoms with Gasteiger partial charge in [0.15, 0.2) is 0 Å². The number of hydrogen-bond donors (Lipinski definition) is 1. The molecular weight excluding hydrogens is 352 g/mol. The fraction of sp³-hybridized carbons (Fsp3) is 0.316. The summed E-state index contributed by atoms with van der Waals surface area (Å²) in [7, 11) is 3.31. The van der Waals surface area contributed by atoms with Crippen LogP contribution in [0.4, 0.5) is 5.69 Å². The summed E-state index contributed by atoms with van der Waals surface area (Å²) in [6.07, 6.45) is 3.01. The van der Waals surface area contributed by atoms with E-state index in [9.17, 15) is 9.59 Å². The Balaban J connectivity index is 1.99. The van der Waals surface area contributed by atoms with Crippen molar-refractivity contribution < 1.29 is 9.59 Å². The van der Waals surface area contributed by atoms with Gasteiger partial charge in [0.25, 0.3) is 0 Å². The summed E-state index contributed by atoms with van der Waals surface area (Å²) in [5.41, 5.74) is 4.28. The Morgan fingerprint density at radius 3 is 2.62 bits per heavy atom. The van der Waals surface area contributed by atoms with Crippen LogP contribution in [0.1, 0.15) is 22.4 Å². The molecule has 6 nitrogen and oxygen atoms in total. The molecule has 0 aliphatic carbocycles. The van der Waals surface area contributed by atoms with Gasteiger partial charge >= 0.3 is 0 Å². The first-order valence-corrected chi connectivity index (χ1v) is 8.56. The molecule has 2 amide bonds. The number of benzene rings is 1. The van der Waals surface area contributed by atoms with Crippen molar-refractivity contribution in [3.8, 4) is 0 Å². The quantitative estimate of drug-likeness (QED) is 0.817. The fourth-order valence-corrected chi connectivity index (χ4v) is 2.72. The highest BCUT2D eigenvalue weighted by Gasteiger charge is 2.13. The standard InChI is InChI=1S/C19H23ClN4O2/c1-12-7-6-8-16(13(12)2)21-17(25)11-23(4)18(26)10-9-15-14(3)22-24(5)19(15)20/h6-10H,11H2,1-5H3,(H,21,25)/b10-9+. The smallest absolute Gasteiger partial charge is 0.246 e. The van der Waals surface area contributed by atoms with Gasteiger partial charge in [-0.15, -0.1) is 0 Å². The molecule has 0 spiro atoms. The highest BCUT2D eigenvalue weighted by molar-refractivity contribution is 6.31. The van der Waals surface area contributed by atoms with Crippen molar-refractivity contribution in [2.75, 3.05) is 18.9 Å². The van der Waals surface area contributed by atoms with E-state index in [0.717, 1.165) is 22.5 Å². The van der Waals surface area contributed by atoms with Crippen LogP contribution in [0, 0.1) is 20.8 Å². The molecule has 1 aromatic heterocycles. The van der Waals surface area contributed by atoms with Crippen molar-refractivity contribution in [3.05, 3.63) is 51.8 Å². The summed E-state index contributed by atoms with van der Waals surface area (Å²) in [5, 5.41) is 7.49. The number of hydrogen-bond acceptors (Lipinski definition) is 3. The molecule has 138 valence electrons. The van der Waals surface area contributed by atoms with E-state index < -0.39 is 0 Å². The number of carbonyl (C=O) groups excluding carboxylic acids is 2. The third kappa shape index (κ3) is 4.52. The number of amides is 2. The lowest BCUT2D eigenvalue weighted by Crippen LogP contribution is -2.34. The minimum Gasteiger partial charge on any atom is -0.333 e. The molecule has 26 heavy (non-hydrogen) atoms. The maximum atomic E-state index is 12.2. The van der Waals surface area contributed by atoms with E-state index in [1.54, 1.807) is 24.9 Å². The van der Waals surface area contributed by atoms with Crippen molar-refractivity contribution >= 4 is 35.2 Å². The number of nitrogens with zero attached hydrogens (tertiary/aromatic N) is 3. The van der Waals surface area contributed by atoms with E-state index in [2.05, 4.69) is 10.4 Å². The molecular formula is C19H23ClN4O2. The molecule has 0 fully saturated rings. The molecule has 1 heterocycles. The van der Waals surface area contributed by atoms with Gasteiger partial charge in [0, 0.05) is 31.4 Å². The number of anilines is 1. The Morgan fingerprint density at radius 2 is 2.00 bits per heavy atom. The first kappa shape index (κ1) is 19.7. The first-order chi connectivity index (χ1) is 12.2. The normalized spacial score (nSPS) is 11.0. The molecule has 0 saturated carbocycles. The maximum absolute atomic E-state index is 12.2. The molecule has 0 radical (unpaired) electrons. The first-order valence-electron chi connectivity index (χ1n) is 8.19. The van der Waals surface area contributed by atoms with Gasteiger partial charge in [0.1, 0.15) is 5.15 Å². The van der Waals surface area contributed by atoms with Crippen LogP contribution in [-0.2, 0) is 16.6 Å². The van der Waals surface area contributed by atoms with E-state index in [0.29, 0.717) is 10.7 Å². The second-order valence-corrected chi connectivity index (χ2v) is 6.59. The second kappa shape index (κ2) is 8.19. The Labute approximate surface area is 158 Å². The number of aryl methyl sites for hydroxylation is 3. The zero-order valence-corrected chi connectivity index (χ0v) is 16.4. The van der Waals surface area contributed by atoms with Gasteiger partial charge < -0.3 is 10.2 Å². The molecule has 0 unspecified atom stereocenters. The Morgan fingerprint density at radius 1 is 1.31 bits per heavy atom. The van der Waals surface area contributed by atoms with Crippen LogP contribution in [-0.4, -0.2) is 40.1 Å². The number of likely N-dealkylation sites (N-methyl/N-ethyl adjacent to an activating group) is 1. The molecule has 0 atom stereocenters. The van der Waals surface area contributed by atoms with Crippen LogP contribution < -0.4 is 5.32 Å². The summed E-state index contributed by atoms with van der Waals surface area (Å²) >= 11 is 6.14. The Hall–Kier alpha value is -2.60. The van der Waals surface area contributed by atoms with Crippen LogP contribution in [0.2, 0.25) is 5.15 Å². The van der Waals surface area contributed by atoms with E-state index >= 15 is 0 Å². The summed E-state index contributed by atoms with van der Waals surface area (Å²) < 4.78 is 1.54. The van der Waals surface area contributed by atoms with E-state index in [1.165, 1.54) is 11.0 Å². The molecule has 1 N–H and O–H groups in total. The molecule has 2 rings (SSSR count). The molecule has 0 saturated heterocycles. The van der Waals surface area contributed by atoms with Crippen LogP contribution in [0.3, 0.4) is 0 Å². The number of nitrogens with one attached hydrogen (secondary N) is 1. The summed E-state index contributed by atoms with van der Waals surface area (Å²) in [4.78, 5) is 25.8. The molecule has 0 aliphatic heterocycles. The minimum absolute atomic E-state index is 0.0453. The topological polar surface area (TPSA) is 67.2 Å². The van der Waals surface area contributed by atoms with Gasteiger partial charge in [-0.3, -0.25) is 14.3 Å². The monoisotopic (exact) mass is 374 g/mol. The van der Waals surface area contributed by atoms with E-state index in [-0.39, 0.29) is 18.4 Å². The van der Waals surface area contributed by atoms with Gasteiger partial charge in [0.05, 0.1) is 12.2 Å². The van der Waals surface area contributed by atoms with E-state index in [4.69, 9.17) is 11.6 Å². The van der Waals surface area contributed by atoms with Gasteiger partial charge in [-0.2, -0.15) is 5.10 Å². The second-order valence-electron chi connectivity index (χ2n) is 6.24. The summed E-state index contributed by atoms with van der Waals surface area (Å²) in [5.74, 6) is -0.543. The zero-order chi connectivity index (χ0) is 19.4. The van der Waals surface area contributed by atoms with Crippen LogP contribution >= 0.6 is 11.6 Å². The lowest BCUT2D eigenvalue weighted by atomic mass is 10.1. The molecule has 7 heteroatoms. The van der Waals surface area contributed by atoms with Gasteiger partial charge in [-0.05, 0) is 44.0 Å². The molecule has 0 aliphatic rings. The highest BCUT2D eigenvalue weighted by Crippen LogP contribution is 2.20. The molecule has 2 aromatic rings. The largest absolute Gasteiger partial charge is 0.333 e. The number of aromatic nitrogens is 2. The van der Waals surface area contributed by atoms with Crippen molar-refractivity contribution in [2.45, 2.75) is 20.8 Å². The molecule has 0 bridgehead atoms. The third-order valence-corrected chi connectivity index (χ3v) is 4.67. The van der Waals surface area contributed by atoms with Crippen LogP contribution in [0.25, 0.3) is 6.08 Å². The van der Waals surface area contributed by atoms with Gasteiger partial charge in [-0.25, -0.2) is 0 Å². The van der Waals surface area contributed by atoms with Crippen molar-refractivity contribution in [1.82, 2.24) is 14.7 Å². The van der Waals surface area contributed by atoms with Crippen molar-refractivity contribution in [3.63, 3.8) is 0 Å². The SMILES string of the molecule is Cc1cccc(NC(=O)CN(C)C(=O)/C=C/c2c(C)nn(C)c2Cl)c1C. The maximum Gasteiger partial charge on any atom is 0.246 e. The average Bonchev–Trinajstić information content (AvgIpc) is 2.82. The number of carbonyl (C=O) groups is 2. The van der Waals surface area contributed by atoms with Crippen molar-refractivity contribution in [2.24, 2.45) is 7.05 Å². The molecule has 1 aromatic carbocycles. The van der Waals surface area contributed by atoms with Gasteiger partial charge in [0.2, 0.25) is 11.8 Å².